The van der Waals surface area contributed by atoms with Crippen molar-refractivity contribution in [2.45, 2.75) is 12.8 Å². The van der Waals surface area contributed by atoms with Gasteiger partial charge >= 0.3 is 0 Å². The minimum absolute atomic E-state index is 0.00556. The Hall–Kier alpha value is -2.84. The van der Waals surface area contributed by atoms with Crippen LogP contribution in [0.3, 0.4) is 0 Å². The molecule has 164 valence electrons. The minimum atomic E-state index is 0.00556. The van der Waals surface area contributed by atoms with E-state index in [9.17, 15) is 4.79 Å². The Kier molecular flexibility index (Phi) is 6.89. The molecule has 7 nitrogen and oxygen atoms in total. The van der Waals surface area contributed by atoms with Crippen LogP contribution in [0.25, 0.3) is 10.2 Å². The molecular weight excluding hydrogens is 414 g/mol. The molecule has 1 aliphatic rings. The normalized spacial score (nSPS) is 12.9. The van der Waals surface area contributed by atoms with E-state index in [1.165, 1.54) is 11.3 Å². The molecule has 1 aliphatic heterocycles. The first-order valence-electron chi connectivity index (χ1n) is 10.4. The summed E-state index contributed by atoms with van der Waals surface area (Å²) in [5, 5.41) is 0.695. The van der Waals surface area contributed by atoms with E-state index in [0.29, 0.717) is 37.2 Å². The Labute approximate surface area is 186 Å². The van der Waals surface area contributed by atoms with E-state index >= 15 is 0 Å². The maximum Gasteiger partial charge on any atom is 0.232 e. The molecule has 0 fully saturated rings. The van der Waals surface area contributed by atoms with Crippen LogP contribution in [0.4, 0.5) is 5.13 Å². The first-order chi connectivity index (χ1) is 15.1. The Morgan fingerprint density at radius 2 is 1.84 bits per heavy atom. The number of thiazole rings is 1. The van der Waals surface area contributed by atoms with Gasteiger partial charge in [-0.25, -0.2) is 4.98 Å². The number of aromatic nitrogens is 1. The summed E-state index contributed by atoms with van der Waals surface area (Å²) in [6, 6.07) is 13.4. The molecule has 0 unspecified atom stereocenters. The Morgan fingerprint density at radius 1 is 1.10 bits per heavy atom. The Morgan fingerprint density at radius 3 is 2.58 bits per heavy atom. The molecule has 31 heavy (non-hydrogen) atoms. The number of hydrogen-bond donors (Lipinski definition) is 0. The van der Waals surface area contributed by atoms with Crippen molar-refractivity contribution in [2.75, 3.05) is 51.9 Å². The molecule has 0 atom stereocenters. The zero-order valence-electron chi connectivity index (χ0n) is 17.9. The van der Waals surface area contributed by atoms with Gasteiger partial charge in [-0.1, -0.05) is 29.5 Å². The number of fused-ring (bicyclic) bond motifs is 2. The van der Waals surface area contributed by atoms with Crippen LogP contribution in [0.5, 0.6) is 17.2 Å². The third kappa shape index (κ3) is 5.45. The molecule has 3 aromatic rings. The van der Waals surface area contributed by atoms with Gasteiger partial charge in [0.15, 0.2) is 16.6 Å². The summed E-state index contributed by atoms with van der Waals surface area (Å²) in [6.45, 7) is 2.90. The molecule has 0 aliphatic carbocycles. The van der Waals surface area contributed by atoms with Crippen molar-refractivity contribution in [3.8, 4) is 17.2 Å². The summed E-state index contributed by atoms with van der Waals surface area (Å²) in [4.78, 5) is 21.7. The molecule has 0 saturated heterocycles. The van der Waals surface area contributed by atoms with Gasteiger partial charge in [0.2, 0.25) is 5.91 Å². The fraction of sp³-hybridized carbons (Fsp3) is 0.391. The van der Waals surface area contributed by atoms with Gasteiger partial charge in [-0.2, -0.15) is 0 Å². The van der Waals surface area contributed by atoms with E-state index in [-0.39, 0.29) is 12.3 Å². The average Bonchev–Trinajstić information content (AvgIpc) is 3.17. The summed E-state index contributed by atoms with van der Waals surface area (Å²) in [7, 11) is 4.06. The fourth-order valence-electron chi connectivity index (χ4n) is 3.35. The third-order valence-electron chi connectivity index (χ3n) is 4.89. The van der Waals surface area contributed by atoms with E-state index in [2.05, 4.69) is 4.90 Å². The largest absolute Gasteiger partial charge is 0.493 e. The molecule has 0 saturated carbocycles. The molecule has 1 amide bonds. The predicted molar refractivity (Wildman–Crippen MR) is 123 cm³/mol. The van der Waals surface area contributed by atoms with Crippen LogP contribution >= 0.6 is 11.3 Å². The van der Waals surface area contributed by atoms with Crippen molar-refractivity contribution >= 4 is 32.6 Å². The quantitative estimate of drug-likeness (QED) is 0.503. The van der Waals surface area contributed by atoms with Crippen LogP contribution < -0.4 is 19.1 Å². The average molecular weight is 442 g/mol. The second kappa shape index (κ2) is 9.98. The van der Waals surface area contributed by atoms with Gasteiger partial charge in [0.05, 0.1) is 23.2 Å². The first-order valence-corrected chi connectivity index (χ1v) is 11.2. The van der Waals surface area contributed by atoms with Crippen LogP contribution in [-0.2, 0) is 4.79 Å². The second-order valence-corrected chi connectivity index (χ2v) is 8.58. The highest BCUT2D eigenvalue weighted by molar-refractivity contribution is 7.22. The van der Waals surface area contributed by atoms with Crippen LogP contribution in [0.2, 0.25) is 0 Å². The number of carbonyl (C=O) groups excluding carboxylic acids is 1. The SMILES string of the molecule is CN(C)CCCN(C(=O)CCOc1ccccc1)c1nc2cc3c(cc2s1)OCCO3. The highest BCUT2D eigenvalue weighted by Crippen LogP contribution is 2.38. The van der Waals surface area contributed by atoms with Gasteiger partial charge in [0.1, 0.15) is 19.0 Å². The number of amides is 1. The monoisotopic (exact) mass is 441 g/mol. The van der Waals surface area contributed by atoms with Crippen molar-refractivity contribution in [1.29, 1.82) is 0 Å². The van der Waals surface area contributed by atoms with Crippen molar-refractivity contribution in [2.24, 2.45) is 0 Å². The fourth-order valence-corrected chi connectivity index (χ4v) is 4.37. The van der Waals surface area contributed by atoms with Gasteiger partial charge in [0.25, 0.3) is 0 Å². The highest BCUT2D eigenvalue weighted by atomic mass is 32.1. The van der Waals surface area contributed by atoms with Crippen LogP contribution in [-0.4, -0.2) is 62.8 Å². The number of anilines is 1. The summed E-state index contributed by atoms with van der Waals surface area (Å²) >= 11 is 1.50. The predicted octanol–water partition coefficient (Wildman–Crippen LogP) is 3.82. The van der Waals surface area contributed by atoms with Gasteiger partial charge in [-0.15, -0.1) is 0 Å². The second-order valence-electron chi connectivity index (χ2n) is 7.57. The number of nitrogens with zero attached hydrogens (tertiary/aromatic N) is 3. The zero-order valence-corrected chi connectivity index (χ0v) is 18.7. The first kappa shape index (κ1) is 21.4. The topological polar surface area (TPSA) is 64.1 Å². The maximum atomic E-state index is 13.1. The Balaban J connectivity index is 1.50. The number of carbonyl (C=O) groups is 1. The van der Waals surface area contributed by atoms with E-state index in [0.717, 1.165) is 34.7 Å². The number of para-hydroxylation sites is 1. The van der Waals surface area contributed by atoms with Crippen LogP contribution in [0.1, 0.15) is 12.8 Å². The number of rotatable bonds is 9. The standard InChI is InChI=1S/C23H27N3O4S/c1-25(2)10-6-11-26(22(27)9-12-28-17-7-4-3-5-8-17)23-24-18-15-19-20(16-21(18)31-23)30-14-13-29-19/h3-5,7-8,15-16H,6,9-14H2,1-2H3. The van der Waals surface area contributed by atoms with Crippen LogP contribution in [0.15, 0.2) is 42.5 Å². The summed E-state index contributed by atoms with van der Waals surface area (Å²) < 4.78 is 18.1. The molecular formula is C23H27N3O4S. The molecule has 0 spiro atoms. The van der Waals surface area contributed by atoms with Gasteiger partial charge in [-0.05, 0) is 39.2 Å². The number of ether oxygens (including phenoxy) is 3. The summed E-state index contributed by atoms with van der Waals surface area (Å²) in [5.74, 6) is 2.21. The summed E-state index contributed by atoms with van der Waals surface area (Å²) in [5.41, 5.74) is 0.815. The molecule has 1 aromatic heterocycles. The minimum Gasteiger partial charge on any atom is -0.493 e. The zero-order chi connectivity index (χ0) is 21.6. The smallest absolute Gasteiger partial charge is 0.232 e. The number of benzene rings is 2. The molecule has 2 aromatic carbocycles. The summed E-state index contributed by atoms with van der Waals surface area (Å²) in [6.07, 6.45) is 1.15. The van der Waals surface area contributed by atoms with Crippen molar-refractivity contribution < 1.29 is 19.0 Å². The molecule has 0 bridgehead atoms. The lowest BCUT2D eigenvalue weighted by Crippen LogP contribution is -2.34. The van der Waals surface area contributed by atoms with Crippen molar-refractivity contribution in [3.05, 3.63) is 42.5 Å². The third-order valence-corrected chi connectivity index (χ3v) is 5.93. The van der Waals surface area contributed by atoms with Gasteiger partial charge < -0.3 is 19.1 Å². The molecule has 0 radical (unpaired) electrons. The Bertz CT molecular complexity index is 979. The van der Waals surface area contributed by atoms with Gasteiger partial charge in [-0.3, -0.25) is 9.69 Å². The van der Waals surface area contributed by atoms with Crippen molar-refractivity contribution in [3.63, 3.8) is 0 Å². The lowest BCUT2D eigenvalue weighted by molar-refractivity contribution is -0.119. The number of hydrogen-bond acceptors (Lipinski definition) is 7. The molecule has 2 heterocycles. The van der Waals surface area contributed by atoms with Crippen molar-refractivity contribution in [1.82, 2.24) is 9.88 Å². The molecule has 8 heteroatoms. The van der Waals surface area contributed by atoms with E-state index in [1.54, 1.807) is 4.90 Å². The molecule has 4 rings (SSSR count). The van der Waals surface area contributed by atoms with Gasteiger partial charge in [0, 0.05) is 18.7 Å². The molecule has 0 N–H and O–H groups in total. The lowest BCUT2D eigenvalue weighted by atomic mass is 10.3. The maximum absolute atomic E-state index is 13.1. The van der Waals surface area contributed by atoms with Crippen LogP contribution in [0, 0.1) is 0 Å². The van der Waals surface area contributed by atoms with E-state index in [4.69, 9.17) is 19.2 Å². The lowest BCUT2D eigenvalue weighted by Gasteiger charge is -2.21. The highest BCUT2D eigenvalue weighted by Gasteiger charge is 2.21. The van der Waals surface area contributed by atoms with E-state index < -0.39 is 0 Å². The van der Waals surface area contributed by atoms with E-state index in [1.807, 2.05) is 56.6 Å².